The predicted molar refractivity (Wildman–Crippen MR) is 84.4 cm³/mol. The summed E-state index contributed by atoms with van der Waals surface area (Å²) in [6.45, 7) is 14.0. The molecule has 0 aromatic carbocycles. The van der Waals surface area contributed by atoms with Gasteiger partial charge in [0.25, 0.3) is 0 Å². The van der Waals surface area contributed by atoms with E-state index in [2.05, 4.69) is 49.9 Å². The van der Waals surface area contributed by atoms with E-state index in [9.17, 15) is 0 Å². The molecule has 0 aliphatic rings. The molecule has 0 fully saturated rings. The van der Waals surface area contributed by atoms with E-state index < -0.39 is 0 Å². The van der Waals surface area contributed by atoms with Crippen LogP contribution >= 0.6 is 0 Å². The maximum atomic E-state index is 5.83. The van der Waals surface area contributed by atoms with Gasteiger partial charge in [0, 0.05) is 17.6 Å². The maximum Gasteiger partial charge on any atom is 0.118 e. The minimum Gasteiger partial charge on any atom is -0.465 e. The largest absolute Gasteiger partial charge is 0.465 e. The number of nitrogens with one attached hydrogen (secondary N) is 1. The lowest BCUT2D eigenvalue weighted by Crippen LogP contribution is -2.34. The quantitative estimate of drug-likeness (QED) is 0.774. The summed E-state index contributed by atoms with van der Waals surface area (Å²) in [5, 5.41) is 3.44. The van der Waals surface area contributed by atoms with Crippen LogP contribution in [0.4, 0.5) is 0 Å². The van der Waals surface area contributed by atoms with Gasteiger partial charge < -0.3 is 9.73 Å². The second-order valence-corrected chi connectivity index (χ2v) is 6.31. The highest BCUT2D eigenvalue weighted by molar-refractivity contribution is 5.21. The van der Waals surface area contributed by atoms with Crippen molar-refractivity contribution in [2.45, 2.75) is 59.7 Å². The first-order chi connectivity index (χ1) is 9.35. The van der Waals surface area contributed by atoms with Gasteiger partial charge in [-0.15, -0.1) is 6.42 Å². The molecule has 0 radical (unpaired) electrons. The fraction of sp³-hybridized carbons (Fsp3) is 0.647. The van der Waals surface area contributed by atoms with Gasteiger partial charge in [-0.3, -0.25) is 4.90 Å². The van der Waals surface area contributed by atoms with Gasteiger partial charge in [0.2, 0.25) is 0 Å². The Balaban J connectivity index is 2.67. The van der Waals surface area contributed by atoms with Gasteiger partial charge in [-0.1, -0.05) is 12.8 Å². The van der Waals surface area contributed by atoms with Crippen molar-refractivity contribution in [3.63, 3.8) is 0 Å². The number of furan rings is 1. The molecular weight excluding hydrogens is 248 g/mol. The Morgan fingerprint density at radius 1 is 1.40 bits per heavy atom. The molecule has 0 aliphatic carbocycles. The Labute approximate surface area is 123 Å². The first kappa shape index (κ1) is 16.8. The molecule has 1 aromatic heterocycles. The van der Waals surface area contributed by atoms with Gasteiger partial charge in [0.15, 0.2) is 0 Å². The summed E-state index contributed by atoms with van der Waals surface area (Å²) in [7, 11) is 0. The van der Waals surface area contributed by atoms with E-state index >= 15 is 0 Å². The zero-order chi connectivity index (χ0) is 15.2. The summed E-state index contributed by atoms with van der Waals surface area (Å²) in [5.41, 5.74) is 1.33. The predicted octanol–water partition coefficient (Wildman–Crippen LogP) is 3.32. The van der Waals surface area contributed by atoms with Crippen molar-refractivity contribution in [3.8, 4) is 12.3 Å². The highest BCUT2D eigenvalue weighted by atomic mass is 16.3. The fourth-order valence-electron chi connectivity index (χ4n) is 2.08. The van der Waals surface area contributed by atoms with Crippen molar-refractivity contribution < 1.29 is 4.42 Å². The molecule has 1 rings (SSSR count). The first-order valence-corrected chi connectivity index (χ1v) is 7.34. The van der Waals surface area contributed by atoms with E-state index in [-0.39, 0.29) is 5.54 Å². The molecule has 0 bridgehead atoms. The summed E-state index contributed by atoms with van der Waals surface area (Å²) in [4.78, 5) is 2.28. The van der Waals surface area contributed by atoms with Crippen LogP contribution in [-0.2, 0) is 13.1 Å². The third kappa shape index (κ3) is 5.81. The topological polar surface area (TPSA) is 28.4 Å². The SMILES string of the molecule is C#CCN(CCC)Cc1cc(CNC(C)(C)C)oc1C. The second-order valence-electron chi connectivity index (χ2n) is 6.31. The molecule has 0 atom stereocenters. The highest BCUT2D eigenvalue weighted by Crippen LogP contribution is 2.17. The number of terminal acetylenes is 1. The van der Waals surface area contributed by atoms with E-state index in [1.807, 2.05) is 6.92 Å². The highest BCUT2D eigenvalue weighted by Gasteiger charge is 2.14. The third-order valence-corrected chi connectivity index (χ3v) is 3.11. The Morgan fingerprint density at radius 3 is 2.65 bits per heavy atom. The molecule has 0 amide bonds. The van der Waals surface area contributed by atoms with E-state index in [0.29, 0.717) is 6.54 Å². The zero-order valence-electron chi connectivity index (χ0n) is 13.5. The van der Waals surface area contributed by atoms with Gasteiger partial charge in [-0.05, 0) is 46.7 Å². The van der Waals surface area contributed by atoms with Crippen molar-refractivity contribution in [1.82, 2.24) is 10.2 Å². The van der Waals surface area contributed by atoms with Crippen LogP contribution in [0, 0.1) is 19.3 Å². The van der Waals surface area contributed by atoms with Crippen LogP contribution in [0.5, 0.6) is 0 Å². The molecule has 0 spiro atoms. The fourth-order valence-corrected chi connectivity index (χ4v) is 2.08. The van der Waals surface area contributed by atoms with Crippen LogP contribution in [-0.4, -0.2) is 23.5 Å². The van der Waals surface area contributed by atoms with E-state index in [1.54, 1.807) is 0 Å². The van der Waals surface area contributed by atoms with Crippen LogP contribution in [0.3, 0.4) is 0 Å². The number of hydrogen-bond donors (Lipinski definition) is 1. The smallest absolute Gasteiger partial charge is 0.118 e. The molecule has 0 aliphatic heterocycles. The number of aryl methyl sites for hydroxylation is 1. The van der Waals surface area contributed by atoms with Crippen molar-refractivity contribution in [2.75, 3.05) is 13.1 Å². The Morgan fingerprint density at radius 2 is 2.10 bits per heavy atom. The van der Waals surface area contributed by atoms with Gasteiger partial charge in [0.05, 0.1) is 13.1 Å². The normalized spacial score (nSPS) is 11.8. The minimum absolute atomic E-state index is 0.0958. The average molecular weight is 276 g/mol. The Hall–Kier alpha value is -1.24. The molecule has 20 heavy (non-hydrogen) atoms. The lowest BCUT2D eigenvalue weighted by Gasteiger charge is -2.19. The molecular formula is C17H28N2O. The number of hydrogen-bond acceptors (Lipinski definition) is 3. The van der Waals surface area contributed by atoms with Gasteiger partial charge in [-0.25, -0.2) is 0 Å². The van der Waals surface area contributed by atoms with Crippen LogP contribution < -0.4 is 5.32 Å². The van der Waals surface area contributed by atoms with Crippen LogP contribution in [0.1, 0.15) is 51.2 Å². The number of nitrogens with zero attached hydrogens (tertiary/aromatic N) is 1. The molecule has 0 saturated heterocycles. The third-order valence-electron chi connectivity index (χ3n) is 3.11. The summed E-state index contributed by atoms with van der Waals surface area (Å²) in [6, 6.07) is 2.15. The van der Waals surface area contributed by atoms with Crippen LogP contribution in [0.2, 0.25) is 0 Å². The van der Waals surface area contributed by atoms with Crippen molar-refractivity contribution in [1.29, 1.82) is 0 Å². The van der Waals surface area contributed by atoms with Crippen molar-refractivity contribution in [2.24, 2.45) is 0 Å². The molecule has 1 N–H and O–H groups in total. The minimum atomic E-state index is 0.0958. The van der Waals surface area contributed by atoms with E-state index in [1.165, 1.54) is 5.56 Å². The molecule has 3 nitrogen and oxygen atoms in total. The molecule has 1 heterocycles. The second kappa shape index (κ2) is 7.52. The standard InChI is InChI=1S/C17H28N2O/c1-7-9-19(10-8-2)13-15-11-16(20-14(15)3)12-18-17(4,5)6/h1,11,18H,8-10,12-13H2,2-6H3. The van der Waals surface area contributed by atoms with Gasteiger partial charge in [-0.2, -0.15) is 0 Å². The summed E-state index contributed by atoms with van der Waals surface area (Å²) < 4.78 is 5.83. The molecule has 1 aromatic rings. The van der Waals surface area contributed by atoms with Gasteiger partial charge >= 0.3 is 0 Å². The summed E-state index contributed by atoms with van der Waals surface area (Å²) in [5.74, 6) is 4.71. The van der Waals surface area contributed by atoms with E-state index in [0.717, 1.165) is 37.6 Å². The summed E-state index contributed by atoms with van der Waals surface area (Å²) >= 11 is 0. The number of rotatable bonds is 7. The van der Waals surface area contributed by atoms with Crippen molar-refractivity contribution >= 4 is 0 Å². The monoisotopic (exact) mass is 276 g/mol. The summed E-state index contributed by atoms with van der Waals surface area (Å²) in [6.07, 6.45) is 6.54. The lowest BCUT2D eigenvalue weighted by molar-refractivity contribution is 0.297. The Bertz CT molecular complexity index is 449. The molecule has 112 valence electrons. The molecule has 3 heteroatoms. The van der Waals surface area contributed by atoms with Crippen LogP contribution in [0.25, 0.3) is 0 Å². The first-order valence-electron chi connectivity index (χ1n) is 7.34. The van der Waals surface area contributed by atoms with Gasteiger partial charge in [0.1, 0.15) is 11.5 Å². The lowest BCUT2D eigenvalue weighted by atomic mass is 10.1. The van der Waals surface area contributed by atoms with E-state index in [4.69, 9.17) is 10.8 Å². The maximum absolute atomic E-state index is 5.83. The molecule has 0 saturated carbocycles. The molecule has 0 unspecified atom stereocenters. The van der Waals surface area contributed by atoms with Crippen LogP contribution in [0.15, 0.2) is 10.5 Å². The average Bonchev–Trinajstić information content (AvgIpc) is 2.68. The Kier molecular flexibility index (Phi) is 6.32. The van der Waals surface area contributed by atoms with Crippen molar-refractivity contribution in [3.05, 3.63) is 23.2 Å². The zero-order valence-corrected chi connectivity index (χ0v) is 13.5.